The third-order valence-electron chi connectivity index (χ3n) is 3.26. The molecule has 0 aliphatic rings. The Morgan fingerprint density at radius 1 is 1.17 bits per heavy atom. The Bertz CT molecular complexity index is 792. The first-order chi connectivity index (χ1) is 11.3. The molecule has 7 heteroatoms. The van der Waals surface area contributed by atoms with Gasteiger partial charge in [-0.2, -0.15) is 0 Å². The second-order valence-electron chi connectivity index (χ2n) is 5.14. The van der Waals surface area contributed by atoms with E-state index in [9.17, 15) is 14.7 Å². The second-order valence-corrected chi connectivity index (χ2v) is 5.98. The Morgan fingerprint density at radius 3 is 2.50 bits per heavy atom. The number of nitrogens with one attached hydrogen (secondary N) is 1. The van der Waals surface area contributed by atoms with Crippen LogP contribution in [0, 0.1) is 6.92 Å². The highest BCUT2D eigenvalue weighted by atomic mass is 35.5. The summed E-state index contributed by atoms with van der Waals surface area (Å²) in [6, 6.07) is 9.17. The fraction of sp³-hybridized carbons (Fsp3) is 0.176. The maximum absolute atomic E-state index is 12.2. The summed E-state index contributed by atoms with van der Waals surface area (Å²) in [5.41, 5.74) is 0.886. The summed E-state index contributed by atoms with van der Waals surface area (Å²) in [4.78, 5) is 23.2. The molecule has 0 bridgehead atoms. The molecule has 1 amide bonds. The number of rotatable bonds is 5. The maximum Gasteiger partial charge on any atom is 0.265 e. The van der Waals surface area contributed by atoms with E-state index in [1.807, 2.05) is 6.92 Å². The van der Waals surface area contributed by atoms with Crippen molar-refractivity contribution in [2.45, 2.75) is 20.0 Å². The van der Waals surface area contributed by atoms with Crippen LogP contribution in [-0.4, -0.2) is 18.0 Å². The van der Waals surface area contributed by atoms with Gasteiger partial charge in [-0.05, 0) is 55.8 Å². The van der Waals surface area contributed by atoms with Crippen LogP contribution < -0.4 is 15.2 Å². The number of aromatic carboxylic acids is 1. The zero-order chi connectivity index (χ0) is 17.9. The third-order valence-corrected chi connectivity index (χ3v) is 3.83. The van der Waals surface area contributed by atoms with Gasteiger partial charge in [0, 0.05) is 21.3 Å². The minimum absolute atomic E-state index is 0.0362. The Balaban J connectivity index is 2.09. The molecule has 1 N–H and O–H groups in total. The number of ether oxygens (including phenoxy) is 1. The predicted molar refractivity (Wildman–Crippen MR) is 90.7 cm³/mol. The lowest BCUT2D eigenvalue weighted by Gasteiger charge is -2.17. The van der Waals surface area contributed by atoms with Crippen molar-refractivity contribution in [3.8, 4) is 5.75 Å². The third kappa shape index (κ3) is 4.40. The van der Waals surface area contributed by atoms with E-state index in [1.54, 1.807) is 25.1 Å². The number of carboxylic acids is 1. The van der Waals surface area contributed by atoms with Gasteiger partial charge in [0.1, 0.15) is 5.75 Å². The molecular formula is C17H14Cl2NO4-. The summed E-state index contributed by atoms with van der Waals surface area (Å²) in [6.07, 6.45) is -0.799. The Kier molecular flexibility index (Phi) is 5.70. The Labute approximate surface area is 149 Å². The van der Waals surface area contributed by atoms with E-state index in [4.69, 9.17) is 27.9 Å². The largest absolute Gasteiger partial charge is 0.545 e. The smallest absolute Gasteiger partial charge is 0.265 e. The number of carbonyl (C=O) groups is 2. The summed E-state index contributed by atoms with van der Waals surface area (Å²) in [7, 11) is 0. The molecule has 0 heterocycles. The first-order valence-corrected chi connectivity index (χ1v) is 7.78. The van der Waals surface area contributed by atoms with E-state index >= 15 is 0 Å². The van der Waals surface area contributed by atoms with Crippen molar-refractivity contribution in [3.63, 3.8) is 0 Å². The van der Waals surface area contributed by atoms with Crippen molar-refractivity contribution < 1.29 is 19.4 Å². The van der Waals surface area contributed by atoms with Crippen molar-refractivity contribution in [1.82, 2.24) is 0 Å². The molecule has 1 atom stereocenters. The molecule has 126 valence electrons. The van der Waals surface area contributed by atoms with Gasteiger partial charge in [-0.25, -0.2) is 0 Å². The molecule has 0 aromatic heterocycles. The minimum atomic E-state index is -1.42. The molecule has 0 saturated carbocycles. The molecule has 24 heavy (non-hydrogen) atoms. The van der Waals surface area contributed by atoms with Gasteiger partial charge >= 0.3 is 0 Å². The molecule has 0 aliphatic carbocycles. The molecule has 0 radical (unpaired) electrons. The zero-order valence-electron chi connectivity index (χ0n) is 12.9. The summed E-state index contributed by atoms with van der Waals surface area (Å²) >= 11 is 11.6. The summed E-state index contributed by atoms with van der Waals surface area (Å²) in [5.74, 6) is -1.32. The molecule has 0 aliphatic heterocycles. The van der Waals surface area contributed by atoms with Crippen molar-refractivity contribution in [3.05, 3.63) is 57.6 Å². The molecule has 2 rings (SSSR count). The lowest BCUT2D eigenvalue weighted by Crippen LogP contribution is -2.30. The van der Waals surface area contributed by atoms with E-state index in [1.165, 1.54) is 18.2 Å². The summed E-state index contributed by atoms with van der Waals surface area (Å²) < 4.78 is 5.61. The van der Waals surface area contributed by atoms with Crippen molar-refractivity contribution in [2.24, 2.45) is 0 Å². The monoisotopic (exact) mass is 366 g/mol. The van der Waals surface area contributed by atoms with Crippen molar-refractivity contribution in [1.29, 1.82) is 0 Å². The predicted octanol–water partition coefficient (Wildman–Crippen LogP) is 3.07. The van der Waals surface area contributed by atoms with Gasteiger partial charge in [-0.15, -0.1) is 0 Å². The number of hydrogen-bond donors (Lipinski definition) is 1. The molecule has 0 spiro atoms. The molecule has 2 aromatic carbocycles. The fourth-order valence-corrected chi connectivity index (χ4v) is 2.41. The van der Waals surface area contributed by atoms with Gasteiger partial charge in [0.2, 0.25) is 0 Å². The van der Waals surface area contributed by atoms with E-state index in [-0.39, 0.29) is 16.3 Å². The molecule has 5 nitrogen and oxygen atoms in total. The SMILES string of the molecule is Cc1cc(Cl)ccc1O[C@@H](C)C(=O)Nc1ccc(Cl)c(C(=O)[O-])c1. The standard InChI is InChI=1S/C17H15Cl2NO4/c1-9-7-11(18)3-6-15(9)24-10(2)16(21)20-12-4-5-14(19)13(8-12)17(22)23/h3-8,10H,1-2H3,(H,20,21)(H,22,23)/p-1/t10-/m0/s1. The highest BCUT2D eigenvalue weighted by Gasteiger charge is 2.16. The average Bonchev–Trinajstić information content (AvgIpc) is 2.51. The quantitative estimate of drug-likeness (QED) is 0.881. The Hall–Kier alpha value is -2.24. The minimum Gasteiger partial charge on any atom is -0.545 e. The number of carboxylic acid groups (broad SMARTS) is 1. The van der Waals surface area contributed by atoms with Crippen molar-refractivity contribution >= 4 is 40.8 Å². The van der Waals surface area contributed by atoms with Crippen LogP contribution in [0.2, 0.25) is 10.0 Å². The van der Waals surface area contributed by atoms with E-state index in [0.29, 0.717) is 10.8 Å². The normalized spacial score (nSPS) is 11.7. The van der Waals surface area contributed by atoms with Crippen LogP contribution in [0.5, 0.6) is 5.75 Å². The van der Waals surface area contributed by atoms with Gasteiger partial charge in [-0.1, -0.05) is 23.2 Å². The topological polar surface area (TPSA) is 78.5 Å². The lowest BCUT2D eigenvalue weighted by atomic mass is 10.2. The number of amides is 1. The number of carbonyl (C=O) groups excluding carboxylic acids is 2. The van der Waals surface area contributed by atoms with E-state index < -0.39 is 18.0 Å². The number of aryl methyl sites for hydroxylation is 1. The molecular weight excluding hydrogens is 353 g/mol. The van der Waals surface area contributed by atoms with Crippen molar-refractivity contribution in [2.75, 3.05) is 5.32 Å². The maximum atomic E-state index is 12.2. The Morgan fingerprint density at radius 2 is 1.88 bits per heavy atom. The molecule has 0 unspecified atom stereocenters. The molecule has 0 saturated heterocycles. The fourth-order valence-electron chi connectivity index (χ4n) is 1.99. The van der Waals surface area contributed by atoms with Crippen LogP contribution in [-0.2, 0) is 4.79 Å². The lowest BCUT2D eigenvalue weighted by molar-refractivity contribution is -0.255. The number of halogens is 2. The van der Waals surface area contributed by atoms with Crippen LogP contribution >= 0.6 is 23.2 Å². The molecule has 2 aromatic rings. The highest BCUT2D eigenvalue weighted by molar-refractivity contribution is 6.33. The van der Waals surface area contributed by atoms with E-state index in [0.717, 1.165) is 5.56 Å². The number of hydrogen-bond acceptors (Lipinski definition) is 4. The molecule has 0 fully saturated rings. The van der Waals surface area contributed by atoms with Gasteiger partial charge in [0.15, 0.2) is 6.10 Å². The van der Waals surface area contributed by atoms with Gasteiger partial charge in [0.05, 0.1) is 5.97 Å². The zero-order valence-corrected chi connectivity index (χ0v) is 14.4. The number of anilines is 1. The van der Waals surface area contributed by atoms with E-state index in [2.05, 4.69) is 5.32 Å². The summed E-state index contributed by atoms with van der Waals surface area (Å²) in [6.45, 7) is 3.40. The van der Waals surface area contributed by atoms with Crippen LogP contribution in [0.3, 0.4) is 0 Å². The highest BCUT2D eigenvalue weighted by Crippen LogP contribution is 2.24. The van der Waals surface area contributed by atoms with Crippen LogP contribution in [0.15, 0.2) is 36.4 Å². The van der Waals surface area contributed by atoms with Gasteiger partial charge in [0.25, 0.3) is 5.91 Å². The van der Waals surface area contributed by atoms with Crippen LogP contribution in [0.1, 0.15) is 22.8 Å². The average molecular weight is 367 g/mol. The number of benzene rings is 2. The first kappa shape index (κ1) is 18.1. The van der Waals surface area contributed by atoms with Gasteiger partial charge < -0.3 is 20.0 Å². The van der Waals surface area contributed by atoms with Crippen LogP contribution in [0.4, 0.5) is 5.69 Å². The van der Waals surface area contributed by atoms with Crippen LogP contribution in [0.25, 0.3) is 0 Å². The first-order valence-electron chi connectivity index (χ1n) is 7.02. The van der Waals surface area contributed by atoms with Gasteiger partial charge in [-0.3, -0.25) is 4.79 Å². The second kappa shape index (κ2) is 7.55. The summed E-state index contributed by atoms with van der Waals surface area (Å²) in [5, 5.41) is 14.1.